The van der Waals surface area contributed by atoms with E-state index in [1.165, 1.54) is 0 Å². The third-order valence-electron chi connectivity index (χ3n) is 2.14. The first-order chi connectivity index (χ1) is 9.20. The van der Waals surface area contributed by atoms with E-state index in [0.29, 0.717) is 0 Å². The maximum absolute atomic E-state index is 10.4. The number of carboxylic acid groups (broad SMARTS) is 4. The van der Waals surface area contributed by atoms with Crippen LogP contribution < -0.4 is 71.8 Å². The molecule has 0 rings (SSSR count). The molecule has 12 heteroatoms. The Morgan fingerprint density at radius 2 is 0.773 bits per heavy atom. The third-order valence-corrected chi connectivity index (χ3v) is 2.14. The molecule has 0 amide bonds. The number of carboxylic acids is 4. The molecule has 0 radical (unpaired) electrons. The number of carbonyl (C=O) groups is 4. The maximum Gasteiger partial charge on any atom is 1.00 e. The summed E-state index contributed by atoms with van der Waals surface area (Å²) in [5.74, 6) is -6.12. The van der Waals surface area contributed by atoms with Gasteiger partial charge in [-0.25, -0.2) is 0 Å². The second-order valence-electron chi connectivity index (χ2n) is 3.91. The van der Waals surface area contributed by atoms with Gasteiger partial charge in [0.05, 0.1) is 23.9 Å². The molecule has 0 fully saturated rings. The molecule has 0 heterocycles. The minimum Gasteiger partial charge on any atom is -0.549 e. The number of hydrogen-bond acceptors (Lipinski definition) is 10. The summed E-state index contributed by atoms with van der Waals surface area (Å²) in [4.78, 5) is 43.4. The standard InChI is InChI=1S/C10H16N2O8.K.H2O/c13-7(14)3-11(4-8(15)16)1-2-12(5-9(17)18)6-10(19)20;;/h1-6H2,(H,13,14)(H,15,16)(H,17,18)(H,19,20);;1H2/q;+1;/p-4. The molecule has 0 atom stereocenters. The normalized spacial score (nSPS) is 9.73. The van der Waals surface area contributed by atoms with E-state index in [4.69, 9.17) is 0 Å². The fourth-order valence-electron chi connectivity index (χ4n) is 1.44. The van der Waals surface area contributed by atoms with Crippen molar-refractivity contribution in [3.8, 4) is 0 Å². The zero-order valence-corrected chi connectivity index (χ0v) is 15.0. The van der Waals surface area contributed by atoms with Crippen LogP contribution in [-0.4, -0.2) is 78.4 Å². The Labute approximate surface area is 168 Å². The maximum atomic E-state index is 10.4. The van der Waals surface area contributed by atoms with Gasteiger partial charge in [0.2, 0.25) is 0 Å². The molecule has 0 spiro atoms. The molecule has 0 aliphatic rings. The van der Waals surface area contributed by atoms with Crippen molar-refractivity contribution in [2.24, 2.45) is 0 Å². The van der Waals surface area contributed by atoms with Crippen LogP contribution in [0, 0.1) is 0 Å². The van der Waals surface area contributed by atoms with Crippen LogP contribution in [0.5, 0.6) is 0 Å². The molecule has 0 aromatic heterocycles. The fraction of sp³-hybridized carbons (Fsp3) is 0.600. The van der Waals surface area contributed by atoms with Crippen LogP contribution in [0.3, 0.4) is 0 Å². The Morgan fingerprint density at radius 1 is 0.591 bits per heavy atom. The van der Waals surface area contributed by atoms with E-state index in [1.54, 1.807) is 0 Å². The van der Waals surface area contributed by atoms with E-state index in [-0.39, 0.29) is 70.0 Å². The van der Waals surface area contributed by atoms with Crippen molar-refractivity contribution in [2.75, 3.05) is 39.3 Å². The second kappa shape index (κ2) is 14.0. The Morgan fingerprint density at radius 3 is 0.909 bits per heavy atom. The van der Waals surface area contributed by atoms with Crippen LogP contribution >= 0.6 is 0 Å². The van der Waals surface area contributed by atoms with Gasteiger partial charge in [0.25, 0.3) is 0 Å². The monoisotopic (exact) mass is 345 g/mol. The summed E-state index contributed by atoms with van der Waals surface area (Å²) in [5, 5.41) is 41.6. The smallest absolute Gasteiger partial charge is 0.549 e. The minimum absolute atomic E-state index is 0. The summed E-state index contributed by atoms with van der Waals surface area (Å²) in [6.07, 6.45) is 0. The van der Waals surface area contributed by atoms with Crippen molar-refractivity contribution in [2.45, 2.75) is 0 Å². The molecule has 0 bridgehead atoms. The zero-order chi connectivity index (χ0) is 15.7. The Hall–Kier alpha value is -0.604. The Balaban J connectivity index is -0.00000180. The predicted molar refractivity (Wildman–Crippen MR) is 56.5 cm³/mol. The quantitative estimate of drug-likeness (QED) is 0.324. The molecule has 0 aromatic carbocycles. The Kier molecular flexibility index (Phi) is 16.8. The minimum atomic E-state index is -1.53. The second-order valence-corrected chi connectivity index (χ2v) is 3.91. The molecule has 0 saturated carbocycles. The summed E-state index contributed by atoms with van der Waals surface area (Å²) < 4.78 is 0. The van der Waals surface area contributed by atoms with Gasteiger partial charge in [-0.05, 0) is 0 Å². The molecule has 0 aliphatic carbocycles. The number of aliphatic carboxylic acids is 4. The molecule has 0 unspecified atom stereocenters. The SMILES string of the molecule is O.O=C([O-])CN(CCN(CC(=O)[O-])CC(=O)[O-])CC(=O)[O-].[K+]. The summed E-state index contributed by atoms with van der Waals surface area (Å²) in [5.41, 5.74) is 0. The molecular weight excluding hydrogens is 331 g/mol. The number of carbonyl (C=O) groups excluding carboxylic acids is 4. The van der Waals surface area contributed by atoms with Gasteiger partial charge in [0.1, 0.15) is 0 Å². The number of nitrogens with zero attached hydrogens (tertiary/aromatic N) is 2. The summed E-state index contributed by atoms with van der Waals surface area (Å²) in [6.45, 7) is -3.25. The van der Waals surface area contributed by atoms with Crippen molar-refractivity contribution in [3.63, 3.8) is 0 Å². The predicted octanol–water partition coefficient (Wildman–Crippen LogP) is -11.2. The average Bonchev–Trinajstić information content (AvgIpc) is 2.22. The molecular formula is C10H14KN2O9-3. The molecule has 0 aliphatic heterocycles. The third kappa shape index (κ3) is 15.8. The summed E-state index contributed by atoms with van der Waals surface area (Å²) in [7, 11) is 0. The average molecular weight is 345 g/mol. The van der Waals surface area contributed by atoms with Crippen LogP contribution in [0.2, 0.25) is 0 Å². The van der Waals surface area contributed by atoms with Crippen molar-refractivity contribution >= 4 is 23.9 Å². The zero-order valence-electron chi connectivity index (χ0n) is 11.9. The molecule has 122 valence electrons. The van der Waals surface area contributed by atoms with E-state index < -0.39 is 50.1 Å². The van der Waals surface area contributed by atoms with Crippen LogP contribution in [0.1, 0.15) is 0 Å². The van der Waals surface area contributed by atoms with Crippen molar-refractivity contribution in [1.82, 2.24) is 9.80 Å². The van der Waals surface area contributed by atoms with E-state index in [0.717, 1.165) is 9.80 Å². The van der Waals surface area contributed by atoms with Gasteiger partial charge in [-0.3, -0.25) is 9.80 Å². The molecule has 0 aromatic rings. The summed E-state index contributed by atoms with van der Waals surface area (Å²) >= 11 is 0. The molecule has 2 N–H and O–H groups in total. The molecule has 22 heavy (non-hydrogen) atoms. The van der Waals surface area contributed by atoms with E-state index >= 15 is 0 Å². The topological polar surface area (TPSA) is 198 Å². The molecule has 11 nitrogen and oxygen atoms in total. The molecule has 0 saturated heterocycles. The Bertz CT molecular complexity index is 323. The largest absolute Gasteiger partial charge is 1.00 e. The van der Waals surface area contributed by atoms with Gasteiger partial charge in [0.15, 0.2) is 0 Å². The van der Waals surface area contributed by atoms with E-state index in [9.17, 15) is 39.6 Å². The van der Waals surface area contributed by atoms with Gasteiger partial charge in [-0.15, -0.1) is 0 Å². The number of hydrogen-bond donors (Lipinski definition) is 0. The van der Waals surface area contributed by atoms with Gasteiger partial charge in [-0.2, -0.15) is 0 Å². The van der Waals surface area contributed by atoms with Gasteiger partial charge in [0, 0.05) is 39.3 Å². The first kappa shape index (κ1) is 26.3. The fourth-order valence-corrected chi connectivity index (χ4v) is 1.44. The van der Waals surface area contributed by atoms with Gasteiger partial charge in [-0.1, -0.05) is 0 Å². The van der Waals surface area contributed by atoms with E-state index in [1.807, 2.05) is 0 Å². The van der Waals surface area contributed by atoms with Crippen LogP contribution in [0.4, 0.5) is 0 Å². The first-order valence-corrected chi connectivity index (χ1v) is 5.44. The van der Waals surface area contributed by atoms with Crippen LogP contribution in [0.25, 0.3) is 0 Å². The van der Waals surface area contributed by atoms with Crippen molar-refractivity contribution < 1.29 is 96.5 Å². The van der Waals surface area contributed by atoms with Crippen LogP contribution in [0.15, 0.2) is 0 Å². The van der Waals surface area contributed by atoms with E-state index in [2.05, 4.69) is 0 Å². The van der Waals surface area contributed by atoms with Gasteiger partial charge < -0.3 is 45.1 Å². The van der Waals surface area contributed by atoms with Crippen molar-refractivity contribution in [3.05, 3.63) is 0 Å². The summed E-state index contributed by atoms with van der Waals surface area (Å²) in [6, 6.07) is 0. The first-order valence-electron chi connectivity index (χ1n) is 5.44. The van der Waals surface area contributed by atoms with Crippen molar-refractivity contribution in [1.29, 1.82) is 0 Å². The number of rotatable bonds is 11. The van der Waals surface area contributed by atoms with Crippen LogP contribution in [-0.2, 0) is 19.2 Å². The van der Waals surface area contributed by atoms with Gasteiger partial charge >= 0.3 is 51.4 Å².